The third kappa shape index (κ3) is 10.8. The van der Waals surface area contributed by atoms with Gasteiger partial charge in [0, 0.05) is 37.7 Å². The summed E-state index contributed by atoms with van der Waals surface area (Å²) >= 11 is 0. The molecule has 8 rings (SSSR count). The molecule has 3 fully saturated rings. The number of rotatable bonds is 18. The van der Waals surface area contributed by atoms with Crippen LogP contribution in [0.2, 0.25) is 0 Å². The van der Waals surface area contributed by atoms with Crippen LogP contribution in [0.15, 0.2) is 66.3 Å². The number of aryl methyl sites for hydroxylation is 1. The Hall–Kier alpha value is -4.12. The van der Waals surface area contributed by atoms with E-state index in [-0.39, 0.29) is 84.7 Å². The molecule has 4 bridgehead atoms. The zero-order valence-electron chi connectivity index (χ0n) is 41.5. The van der Waals surface area contributed by atoms with E-state index in [1.165, 1.54) is 19.3 Å². The van der Waals surface area contributed by atoms with Crippen LogP contribution < -0.4 is 10.1 Å². The largest absolute Gasteiger partial charge is 0.504 e. The van der Waals surface area contributed by atoms with E-state index in [0.717, 1.165) is 48.8 Å². The van der Waals surface area contributed by atoms with E-state index in [4.69, 9.17) is 18.9 Å². The van der Waals surface area contributed by atoms with E-state index in [1.54, 1.807) is 31.2 Å². The minimum atomic E-state index is -2.36. The molecule has 14 heteroatoms. The van der Waals surface area contributed by atoms with Gasteiger partial charge in [0.25, 0.3) is 0 Å². The first kappa shape index (κ1) is 52.2. The SMILES string of the molecule is COc1cc(/C=C(\C[C@H]2c3cc(CCO)ccc3CC[C@H]2CO)C(=O)O[C@@H]2[C@H](OC(=O)CC[C@@H]3C[C@@H](C)[C@H]4CC[C@@H]5[C@H](O)[C@H](CC(C)C)C=C[C@@]35C4)[C@@H](O)[C@H]3O[C@]2(O)C=C[C@H]3NC[C@H](C)O)ccc1O. The fourth-order valence-electron chi connectivity index (χ4n) is 13.3. The highest BCUT2D eigenvalue weighted by Crippen LogP contribution is 2.62. The molecule has 0 unspecified atom stereocenters. The zero-order valence-corrected chi connectivity index (χ0v) is 41.5. The Balaban J connectivity index is 1.10. The summed E-state index contributed by atoms with van der Waals surface area (Å²) < 4.78 is 24.1. The van der Waals surface area contributed by atoms with Crippen LogP contribution in [0.5, 0.6) is 11.5 Å². The summed E-state index contributed by atoms with van der Waals surface area (Å²) in [5, 5.41) is 80.6. The van der Waals surface area contributed by atoms with Crippen molar-refractivity contribution in [2.45, 2.75) is 153 Å². The van der Waals surface area contributed by atoms with Crippen molar-refractivity contribution in [2.24, 2.45) is 46.8 Å². The smallest absolute Gasteiger partial charge is 0.334 e. The monoisotopic (exact) mass is 972 g/mol. The van der Waals surface area contributed by atoms with Crippen molar-refractivity contribution in [3.63, 3.8) is 0 Å². The fourth-order valence-corrected chi connectivity index (χ4v) is 13.3. The Kier molecular flexibility index (Phi) is 16.4. The lowest BCUT2D eigenvalue weighted by Gasteiger charge is -2.59. The molecule has 2 aromatic rings. The van der Waals surface area contributed by atoms with Crippen LogP contribution in [-0.4, -0.2) is 123 Å². The third-order valence-corrected chi connectivity index (χ3v) is 16.9. The number of ether oxygens (including phenoxy) is 4. The van der Waals surface area contributed by atoms with Gasteiger partial charge in [-0.1, -0.05) is 63.3 Å². The highest BCUT2D eigenvalue weighted by molar-refractivity contribution is 5.94. The van der Waals surface area contributed by atoms with Gasteiger partial charge in [0.15, 0.2) is 23.7 Å². The average Bonchev–Trinajstić information content (AvgIpc) is 3.33. The number of fused-ring (bicyclic) bond motifs is 4. The van der Waals surface area contributed by atoms with Gasteiger partial charge < -0.3 is 60.0 Å². The zero-order chi connectivity index (χ0) is 50.1. The van der Waals surface area contributed by atoms with Crippen molar-refractivity contribution < 1.29 is 64.3 Å². The Labute approximate surface area is 412 Å². The Morgan fingerprint density at radius 1 is 1.00 bits per heavy atom. The molecule has 8 N–H and O–H groups in total. The molecule has 4 aliphatic carbocycles. The molecule has 0 radical (unpaired) electrons. The maximum atomic E-state index is 15.0. The Morgan fingerprint density at radius 2 is 1.80 bits per heavy atom. The van der Waals surface area contributed by atoms with Crippen LogP contribution >= 0.6 is 0 Å². The van der Waals surface area contributed by atoms with E-state index >= 15 is 4.79 Å². The lowest BCUT2D eigenvalue weighted by molar-refractivity contribution is -0.333. The number of carbonyl (C=O) groups excluding carboxylic acids is 2. The van der Waals surface area contributed by atoms with Gasteiger partial charge in [-0.25, -0.2) is 4.79 Å². The summed E-state index contributed by atoms with van der Waals surface area (Å²) in [4.78, 5) is 29.4. The van der Waals surface area contributed by atoms with Gasteiger partial charge in [0.2, 0.25) is 5.79 Å². The predicted molar refractivity (Wildman–Crippen MR) is 262 cm³/mol. The number of phenolic OH excluding ortho intramolecular Hbond substituents is 1. The molecule has 1 spiro atoms. The first-order valence-electron chi connectivity index (χ1n) is 25.8. The molecule has 14 nitrogen and oxygen atoms in total. The van der Waals surface area contributed by atoms with Gasteiger partial charge >= 0.3 is 11.9 Å². The van der Waals surface area contributed by atoms with Crippen LogP contribution in [-0.2, 0) is 36.6 Å². The molecule has 2 saturated carbocycles. The van der Waals surface area contributed by atoms with E-state index in [2.05, 4.69) is 38.2 Å². The first-order valence-corrected chi connectivity index (χ1v) is 25.8. The lowest BCUT2D eigenvalue weighted by atomic mass is 9.46. The first-order chi connectivity index (χ1) is 33.5. The van der Waals surface area contributed by atoms with Gasteiger partial charge in [-0.3, -0.25) is 4.79 Å². The van der Waals surface area contributed by atoms with E-state index in [9.17, 15) is 40.5 Å². The van der Waals surface area contributed by atoms with E-state index < -0.39 is 60.4 Å². The number of hydrogen-bond donors (Lipinski definition) is 8. The number of allylic oxidation sites excluding steroid dienone is 1. The second kappa shape index (κ2) is 21.9. The molecule has 1 saturated heterocycles. The summed E-state index contributed by atoms with van der Waals surface area (Å²) in [7, 11) is 1.41. The van der Waals surface area contributed by atoms with Crippen LogP contribution in [0.4, 0.5) is 0 Å². The van der Waals surface area contributed by atoms with Crippen molar-refractivity contribution in [1.82, 2.24) is 5.32 Å². The van der Waals surface area contributed by atoms with Gasteiger partial charge in [-0.05, 0) is 165 Å². The van der Waals surface area contributed by atoms with Crippen molar-refractivity contribution in [3.05, 3.63) is 88.5 Å². The highest BCUT2D eigenvalue weighted by atomic mass is 16.7. The predicted octanol–water partition coefficient (Wildman–Crippen LogP) is 5.66. The average molecular weight is 972 g/mol. The van der Waals surface area contributed by atoms with E-state index in [0.29, 0.717) is 49.0 Å². The maximum absolute atomic E-state index is 15.0. The molecule has 384 valence electrons. The minimum absolute atomic E-state index is 0.0149. The van der Waals surface area contributed by atoms with Crippen LogP contribution in [0.25, 0.3) is 6.08 Å². The van der Waals surface area contributed by atoms with Crippen LogP contribution in [0.3, 0.4) is 0 Å². The van der Waals surface area contributed by atoms with E-state index in [1.807, 2.05) is 18.2 Å². The van der Waals surface area contributed by atoms with Gasteiger partial charge in [-0.15, -0.1) is 0 Å². The van der Waals surface area contributed by atoms with Gasteiger partial charge in [-0.2, -0.15) is 0 Å². The molecule has 2 aromatic carbocycles. The maximum Gasteiger partial charge on any atom is 0.334 e. The molecule has 2 heterocycles. The number of esters is 2. The number of hydrogen-bond acceptors (Lipinski definition) is 14. The van der Waals surface area contributed by atoms with Crippen molar-refractivity contribution in [1.29, 1.82) is 0 Å². The molecular formula is C56H77NO13. The third-order valence-electron chi connectivity index (χ3n) is 16.9. The van der Waals surface area contributed by atoms with Crippen LogP contribution in [0, 0.1) is 46.8 Å². The summed E-state index contributed by atoms with van der Waals surface area (Å²) in [5.74, 6) is -2.77. The number of methoxy groups -OCH3 is 1. The number of carbonyl (C=O) groups is 2. The summed E-state index contributed by atoms with van der Waals surface area (Å²) in [6.45, 7) is 8.17. The van der Waals surface area contributed by atoms with Crippen molar-refractivity contribution in [2.75, 3.05) is 26.9 Å². The van der Waals surface area contributed by atoms with Gasteiger partial charge in [0.05, 0.1) is 25.4 Å². The summed E-state index contributed by atoms with van der Waals surface area (Å²) in [5.41, 5.74) is 3.26. The molecule has 16 atom stereocenters. The number of benzene rings is 2. The summed E-state index contributed by atoms with van der Waals surface area (Å²) in [6.07, 6.45) is 8.86. The van der Waals surface area contributed by atoms with Crippen LogP contribution in [0.1, 0.15) is 114 Å². The Bertz CT molecular complexity index is 2260. The number of aliphatic hydroxyl groups is 6. The quantitative estimate of drug-likeness (QED) is 0.0513. The number of nitrogens with one attached hydrogen (secondary N) is 1. The molecule has 0 amide bonds. The highest BCUT2D eigenvalue weighted by Gasteiger charge is 2.61. The normalized spacial score (nSPS) is 35.9. The summed E-state index contributed by atoms with van der Waals surface area (Å²) in [6, 6.07) is 9.91. The fraction of sp³-hybridized carbons (Fsp3) is 0.643. The molecular weight excluding hydrogens is 895 g/mol. The molecule has 70 heavy (non-hydrogen) atoms. The second-order valence-corrected chi connectivity index (χ2v) is 22.0. The number of aliphatic hydroxyl groups excluding tert-OH is 5. The molecule has 2 aliphatic heterocycles. The second-order valence-electron chi connectivity index (χ2n) is 22.0. The van der Waals surface area contributed by atoms with Crippen molar-refractivity contribution >= 4 is 18.0 Å². The standard InChI is InChI=1S/C56H77NO13/c1-31(2)22-37-16-19-55-28-38(11-13-44(55)49(37)63)32(3)23-41(55)12-15-48(62)68-52-50(64)51-45(57-29-33(4)60)17-20-56(66,70-51)53(52)69-54(65)40(24-35-7-14-46(61)47(26-35)67-5)27-43-39(30-59)10-9-36-8-6-34(18-21-58)25-42(36)43/h6-8,14,16-17,19-20,24-26,31-33,37-39,41,43-45,49-53,57-61,63-64,66H,9-13,15,18,21-23,27-30H2,1-5H3/b40-24+/t32-,33+,37+,38+,39+,41-,43-,44-,45-,49-,50+,51+,52-,53-,55-,56-/m1/s1. The number of phenols is 1. The topological polar surface area (TPSA) is 225 Å². The Morgan fingerprint density at radius 3 is 2.53 bits per heavy atom. The van der Waals surface area contributed by atoms with Gasteiger partial charge in [0.1, 0.15) is 12.2 Å². The molecule has 0 aromatic heterocycles. The lowest BCUT2D eigenvalue weighted by Crippen LogP contribution is -2.71. The van der Waals surface area contributed by atoms with Crippen molar-refractivity contribution in [3.8, 4) is 11.5 Å². The number of aromatic hydroxyl groups is 1. The minimum Gasteiger partial charge on any atom is -0.504 e. The molecule has 6 aliphatic rings.